The van der Waals surface area contributed by atoms with Gasteiger partial charge in [-0.15, -0.1) is 0 Å². The minimum Gasteiger partial charge on any atom is -0.396 e. The number of nitrogens with zero attached hydrogens (tertiary/aromatic N) is 1. The Morgan fingerprint density at radius 2 is 2.24 bits per heavy atom. The molecular formula is C19H17FN2O2S. The molecule has 2 atom stereocenters. The van der Waals surface area contributed by atoms with Crippen LogP contribution in [-0.2, 0) is 4.79 Å². The van der Waals surface area contributed by atoms with Crippen LogP contribution in [0.3, 0.4) is 0 Å². The zero-order chi connectivity index (χ0) is 17.6. The smallest absolute Gasteiger partial charge is 0.229 e. The SMILES string of the molecule is Cc1cccc(F)c1-c1ccc2nc(NC(=O)C3CC3CO)sc2c1. The van der Waals surface area contributed by atoms with Gasteiger partial charge in [-0.1, -0.05) is 29.5 Å². The number of amides is 1. The summed E-state index contributed by atoms with van der Waals surface area (Å²) in [6, 6.07) is 10.6. The molecule has 1 aromatic heterocycles. The number of aryl methyl sites for hydroxylation is 1. The van der Waals surface area contributed by atoms with Gasteiger partial charge in [0.25, 0.3) is 0 Å². The van der Waals surface area contributed by atoms with Crippen molar-refractivity contribution in [2.45, 2.75) is 13.3 Å². The summed E-state index contributed by atoms with van der Waals surface area (Å²) < 4.78 is 15.1. The molecule has 1 amide bonds. The molecule has 4 rings (SSSR count). The van der Waals surface area contributed by atoms with Crippen molar-refractivity contribution in [1.82, 2.24) is 4.98 Å². The predicted octanol–water partition coefficient (Wildman–Crippen LogP) is 3.98. The van der Waals surface area contributed by atoms with Crippen molar-refractivity contribution in [3.63, 3.8) is 0 Å². The summed E-state index contributed by atoms with van der Waals surface area (Å²) in [5, 5.41) is 12.4. The number of hydrogen-bond acceptors (Lipinski definition) is 4. The van der Waals surface area contributed by atoms with E-state index < -0.39 is 0 Å². The number of benzene rings is 2. The summed E-state index contributed by atoms with van der Waals surface area (Å²) in [5.41, 5.74) is 3.04. The van der Waals surface area contributed by atoms with Crippen molar-refractivity contribution in [1.29, 1.82) is 0 Å². The molecular weight excluding hydrogens is 339 g/mol. The first-order valence-electron chi connectivity index (χ1n) is 8.14. The second-order valence-electron chi connectivity index (χ2n) is 6.41. The maximum Gasteiger partial charge on any atom is 0.229 e. The van der Waals surface area contributed by atoms with E-state index >= 15 is 0 Å². The summed E-state index contributed by atoms with van der Waals surface area (Å²) in [6.07, 6.45) is 0.726. The predicted molar refractivity (Wildman–Crippen MR) is 97.1 cm³/mol. The van der Waals surface area contributed by atoms with Crippen molar-refractivity contribution < 1.29 is 14.3 Å². The van der Waals surface area contributed by atoms with Crippen LogP contribution in [0.2, 0.25) is 0 Å². The number of nitrogens with one attached hydrogen (secondary N) is 1. The van der Waals surface area contributed by atoms with E-state index in [1.165, 1.54) is 17.4 Å². The number of carbonyl (C=O) groups excluding carboxylic acids is 1. The maximum absolute atomic E-state index is 14.2. The highest BCUT2D eigenvalue weighted by Crippen LogP contribution is 2.39. The van der Waals surface area contributed by atoms with E-state index in [9.17, 15) is 9.18 Å². The summed E-state index contributed by atoms with van der Waals surface area (Å²) in [4.78, 5) is 16.5. The summed E-state index contributed by atoms with van der Waals surface area (Å²) in [7, 11) is 0. The van der Waals surface area contributed by atoms with E-state index in [1.807, 2.05) is 31.2 Å². The van der Waals surface area contributed by atoms with E-state index in [1.54, 1.807) is 6.07 Å². The quantitative estimate of drug-likeness (QED) is 0.743. The van der Waals surface area contributed by atoms with Gasteiger partial charge in [0.2, 0.25) is 5.91 Å². The normalized spacial score (nSPS) is 19.2. The van der Waals surface area contributed by atoms with E-state index in [4.69, 9.17) is 5.11 Å². The lowest BCUT2D eigenvalue weighted by atomic mass is 10.00. The summed E-state index contributed by atoms with van der Waals surface area (Å²) in [6.45, 7) is 1.93. The average Bonchev–Trinajstić information content (AvgIpc) is 3.27. The molecule has 0 bridgehead atoms. The zero-order valence-corrected chi connectivity index (χ0v) is 14.4. The maximum atomic E-state index is 14.2. The number of thiazole rings is 1. The van der Waals surface area contributed by atoms with Crippen LogP contribution in [-0.4, -0.2) is 22.6 Å². The lowest BCUT2D eigenvalue weighted by molar-refractivity contribution is -0.117. The molecule has 128 valence electrons. The number of aliphatic hydroxyl groups is 1. The lowest BCUT2D eigenvalue weighted by Gasteiger charge is -2.07. The molecule has 2 aromatic carbocycles. The second kappa shape index (κ2) is 6.20. The Morgan fingerprint density at radius 1 is 1.40 bits per heavy atom. The molecule has 3 aromatic rings. The van der Waals surface area contributed by atoms with Gasteiger partial charge in [0, 0.05) is 18.1 Å². The molecule has 1 heterocycles. The Kier molecular flexibility index (Phi) is 4.01. The first-order valence-corrected chi connectivity index (χ1v) is 8.96. The molecule has 1 fully saturated rings. The number of hydrogen-bond donors (Lipinski definition) is 2. The Hall–Kier alpha value is -2.31. The Bertz CT molecular complexity index is 949. The van der Waals surface area contributed by atoms with Crippen LogP contribution in [0.25, 0.3) is 21.3 Å². The van der Waals surface area contributed by atoms with Gasteiger partial charge in [-0.3, -0.25) is 4.79 Å². The fourth-order valence-corrected chi connectivity index (χ4v) is 4.01. The highest BCUT2D eigenvalue weighted by Gasteiger charge is 2.42. The molecule has 0 saturated heterocycles. The highest BCUT2D eigenvalue weighted by molar-refractivity contribution is 7.22. The van der Waals surface area contributed by atoms with Crippen LogP contribution in [0, 0.1) is 24.6 Å². The molecule has 2 N–H and O–H groups in total. The molecule has 6 heteroatoms. The summed E-state index contributed by atoms with van der Waals surface area (Å²) >= 11 is 1.37. The molecule has 2 unspecified atom stereocenters. The first kappa shape index (κ1) is 16.2. The van der Waals surface area contributed by atoms with Gasteiger partial charge in [-0.25, -0.2) is 9.37 Å². The van der Waals surface area contributed by atoms with Gasteiger partial charge < -0.3 is 10.4 Å². The fraction of sp³-hybridized carbons (Fsp3) is 0.263. The fourth-order valence-electron chi connectivity index (χ4n) is 3.10. The van der Waals surface area contributed by atoms with Gasteiger partial charge >= 0.3 is 0 Å². The Labute approximate surface area is 148 Å². The van der Waals surface area contributed by atoms with Crippen molar-refractivity contribution in [3.05, 3.63) is 47.8 Å². The second-order valence-corrected chi connectivity index (χ2v) is 7.44. The van der Waals surface area contributed by atoms with Crippen LogP contribution in [0.1, 0.15) is 12.0 Å². The molecule has 0 radical (unpaired) electrons. The van der Waals surface area contributed by atoms with Crippen molar-refractivity contribution in [2.24, 2.45) is 11.8 Å². The van der Waals surface area contributed by atoms with Crippen LogP contribution >= 0.6 is 11.3 Å². The third-order valence-electron chi connectivity index (χ3n) is 4.62. The van der Waals surface area contributed by atoms with Gasteiger partial charge in [-0.05, 0) is 48.6 Å². The van der Waals surface area contributed by atoms with Gasteiger partial charge in [-0.2, -0.15) is 0 Å². The number of fused-ring (bicyclic) bond motifs is 1. The number of halogens is 1. The third-order valence-corrected chi connectivity index (χ3v) is 5.56. The van der Waals surface area contributed by atoms with E-state index in [0.717, 1.165) is 27.8 Å². The van der Waals surface area contributed by atoms with Crippen LogP contribution in [0.15, 0.2) is 36.4 Å². The summed E-state index contributed by atoms with van der Waals surface area (Å²) in [5.74, 6) is -0.386. The molecule has 0 spiro atoms. The number of aromatic nitrogens is 1. The third kappa shape index (κ3) is 3.03. The van der Waals surface area contributed by atoms with E-state index in [-0.39, 0.29) is 30.2 Å². The van der Waals surface area contributed by atoms with Gasteiger partial charge in [0.1, 0.15) is 5.82 Å². The Morgan fingerprint density at radius 3 is 2.96 bits per heavy atom. The molecule has 0 aliphatic heterocycles. The minimum absolute atomic E-state index is 0.0449. The number of carbonyl (C=O) groups is 1. The van der Waals surface area contributed by atoms with Crippen molar-refractivity contribution >= 4 is 32.6 Å². The van der Waals surface area contributed by atoms with Crippen LogP contribution in [0.4, 0.5) is 9.52 Å². The lowest BCUT2D eigenvalue weighted by Crippen LogP contribution is -2.15. The Balaban J connectivity index is 1.63. The van der Waals surface area contributed by atoms with Crippen LogP contribution < -0.4 is 5.32 Å². The standard InChI is InChI=1S/C19H17FN2O2S/c1-10-3-2-4-14(20)17(10)11-5-6-15-16(8-11)25-19(21-15)22-18(24)13-7-12(13)9-23/h2-6,8,12-13,23H,7,9H2,1H3,(H,21,22,24). The van der Waals surface area contributed by atoms with Gasteiger partial charge in [0.05, 0.1) is 10.2 Å². The van der Waals surface area contributed by atoms with E-state index in [0.29, 0.717) is 10.7 Å². The van der Waals surface area contributed by atoms with E-state index in [2.05, 4.69) is 10.3 Å². The molecule has 1 aliphatic carbocycles. The van der Waals surface area contributed by atoms with Crippen LogP contribution in [0.5, 0.6) is 0 Å². The largest absolute Gasteiger partial charge is 0.396 e. The highest BCUT2D eigenvalue weighted by atomic mass is 32.1. The zero-order valence-electron chi connectivity index (χ0n) is 13.6. The minimum atomic E-state index is -0.249. The molecule has 25 heavy (non-hydrogen) atoms. The molecule has 1 aliphatic rings. The number of rotatable bonds is 4. The monoisotopic (exact) mass is 356 g/mol. The van der Waals surface area contributed by atoms with Crippen molar-refractivity contribution in [2.75, 3.05) is 11.9 Å². The number of anilines is 1. The first-order chi connectivity index (χ1) is 12.1. The number of aliphatic hydroxyl groups excluding tert-OH is 1. The molecule has 4 nitrogen and oxygen atoms in total. The molecule has 1 saturated carbocycles. The topological polar surface area (TPSA) is 62.2 Å². The van der Waals surface area contributed by atoms with Gasteiger partial charge in [0.15, 0.2) is 5.13 Å². The average molecular weight is 356 g/mol. The van der Waals surface area contributed by atoms with Crippen molar-refractivity contribution in [3.8, 4) is 11.1 Å².